The molecule has 1 amide bonds. The van der Waals surface area contributed by atoms with Crippen LogP contribution in [0.25, 0.3) is 0 Å². The Bertz CT molecular complexity index is 847. The van der Waals surface area contributed by atoms with Crippen molar-refractivity contribution in [2.45, 2.75) is 282 Å². The van der Waals surface area contributed by atoms with Gasteiger partial charge in [-0.05, 0) is 51.4 Å². The maximum Gasteiger partial charge on any atom is 0.249 e. The molecule has 6 nitrogen and oxygen atoms in total. The van der Waals surface area contributed by atoms with E-state index in [1.54, 1.807) is 0 Å². The molecule has 0 fully saturated rings. The van der Waals surface area contributed by atoms with Crippen LogP contribution in [0.15, 0.2) is 24.3 Å². The highest BCUT2D eigenvalue weighted by Crippen LogP contribution is 2.17. The number of aliphatic hydroxyl groups excluding tert-OH is 4. The van der Waals surface area contributed by atoms with Crippen LogP contribution in [0.3, 0.4) is 0 Å². The monoisotopic (exact) mass is 792 g/mol. The summed E-state index contributed by atoms with van der Waals surface area (Å²) in [5.74, 6) is -0.594. The summed E-state index contributed by atoms with van der Waals surface area (Å²) in [6.45, 7) is 4.06. The minimum atomic E-state index is -1.29. The number of hydrogen-bond donors (Lipinski definition) is 5. The maximum absolute atomic E-state index is 12.5. The van der Waals surface area contributed by atoms with Crippen molar-refractivity contribution >= 4 is 5.91 Å². The first kappa shape index (κ1) is 54.8. The second-order valence-corrected chi connectivity index (χ2v) is 17.2. The van der Waals surface area contributed by atoms with E-state index >= 15 is 0 Å². The number of nitrogens with one attached hydrogen (secondary N) is 1. The number of amides is 1. The van der Waals surface area contributed by atoms with Gasteiger partial charge in [-0.3, -0.25) is 4.79 Å². The molecule has 0 aliphatic carbocycles. The van der Waals surface area contributed by atoms with Crippen molar-refractivity contribution in [2.75, 3.05) is 6.61 Å². The Labute approximate surface area is 348 Å². The van der Waals surface area contributed by atoms with E-state index in [1.807, 2.05) is 0 Å². The first-order chi connectivity index (χ1) is 27.5. The second kappa shape index (κ2) is 44.9. The molecule has 0 aromatic rings. The predicted molar refractivity (Wildman–Crippen MR) is 242 cm³/mol. The van der Waals surface area contributed by atoms with Crippen LogP contribution in [0.1, 0.15) is 258 Å². The molecule has 0 bridgehead atoms. The zero-order valence-electron chi connectivity index (χ0n) is 37.4. The van der Waals surface area contributed by atoms with Crippen molar-refractivity contribution in [2.24, 2.45) is 0 Å². The van der Waals surface area contributed by atoms with Crippen molar-refractivity contribution in [3.63, 3.8) is 0 Å². The lowest BCUT2D eigenvalue weighted by Crippen LogP contribution is -2.53. The summed E-state index contributed by atoms with van der Waals surface area (Å²) in [5, 5.41) is 43.8. The van der Waals surface area contributed by atoms with Crippen molar-refractivity contribution in [1.82, 2.24) is 5.32 Å². The normalized spacial score (nSPS) is 14.2. The summed E-state index contributed by atoms with van der Waals surface area (Å²) < 4.78 is 0. The summed E-state index contributed by atoms with van der Waals surface area (Å²) in [5.41, 5.74) is 0. The van der Waals surface area contributed by atoms with E-state index < -0.39 is 36.9 Å². The van der Waals surface area contributed by atoms with E-state index in [2.05, 4.69) is 43.5 Å². The minimum absolute atomic E-state index is 0.364. The van der Waals surface area contributed by atoms with Crippen molar-refractivity contribution in [1.29, 1.82) is 0 Å². The second-order valence-electron chi connectivity index (χ2n) is 17.2. The van der Waals surface area contributed by atoms with Crippen LogP contribution in [0.4, 0.5) is 0 Å². The van der Waals surface area contributed by atoms with Crippen LogP contribution >= 0.6 is 0 Å². The summed E-state index contributed by atoms with van der Waals surface area (Å²) in [7, 11) is 0. The van der Waals surface area contributed by atoms with Gasteiger partial charge in [-0.2, -0.15) is 0 Å². The molecule has 4 atom stereocenters. The van der Waals surface area contributed by atoms with E-state index in [4.69, 9.17) is 0 Å². The Balaban J connectivity index is 3.73. The number of carbonyl (C=O) groups excluding carboxylic acids is 1. The van der Waals surface area contributed by atoms with Gasteiger partial charge in [0, 0.05) is 0 Å². The summed E-state index contributed by atoms with van der Waals surface area (Å²) >= 11 is 0. The largest absolute Gasteiger partial charge is 0.394 e. The summed E-state index contributed by atoms with van der Waals surface area (Å²) in [6.07, 6.45) is 52.2. The zero-order chi connectivity index (χ0) is 41.0. The third-order valence-electron chi connectivity index (χ3n) is 11.6. The fraction of sp³-hybridized carbons (Fsp3) is 0.900. The number of hydrogen-bond acceptors (Lipinski definition) is 5. The molecule has 56 heavy (non-hydrogen) atoms. The average Bonchev–Trinajstić information content (AvgIpc) is 3.20. The third kappa shape index (κ3) is 38.3. The van der Waals surface area contributed by atoms with Gasteiger partial charge in [0.2, 0.25) is 5.91 Å². The fourth-order valence-corrected chi connectivity index (χ4v) is 7.72. The van der Waals surface area contributed by atoms with Crippen LogP contribution in [0, 0.1) is 0 Å². The van der Waals surface area contributed by atoms with Crippen LogP contribution in [-0.4, -0.2) is 57.3 Å². The lowest BCUT2D eigenvalue weighted by atomic mass is 10.00. The first-order valence-corrected chi connectivity index (χ1v) is 24.7. The molecule has 0 rings (SSSR count). The Hall–Kier alpha value is -1.21. The minimum Gasteiger partial charge on any atom is -0.394 e. The number of allylic oxidation sites excluding steroid dienone is 4. The van der Waals surface area contributed by atoms with Gasteiger partial charge in [0.25, 0.3) is 0 Å². The molecule has 6 heteroatoms. The highest BCUT2D eigenvalue weighted by molar-refractivity contribution is 5.80. The van der Waals surface area contributed by atoms with Crippen LogP contribution in [-0.2, 0) is 4.79 Å². The van der Waals surface area contributed by atoms with Crippen molar-refractivity contribution in [3.05, 3.63) is 24.3 Å². The standard InChI is InChI=1S/C50H97NO5/c1-3-5-7-9-11-13-15-17-19-21-22-23-24-25-26-28-29-31-33-35-37-39-41-43-47(53)49(55)46(45-52)51-50(56)48(54)44-42-40-38-36-34-32-30-27-20-18-16-14-12-10-8-6-4-2/h28-29,35,37,46-49,52-55H,3-27,30-34,36,38-45H2,1-2H3,(H,51,56)/b29-28+,37-35+. The Morgan fingerprint density at radius 3 is 1.12 bits per heavy atom. The Morgan fingerprint density at radius 1 is 0.429 bits per heavy atom. The van der Waals surface area contributed by atoms with Crippen LogP contribution < -0.4 is 5.32 Å². The van der Waals surface area contributed by atoms with Crippen LogP contribution in [0.5, 0.6) is 0 Å². The summed E-state index contributed by atoms with van der Waals surface area (Å²) in [4.78, 5) is 12.5. The molecule has 0 aromatic carbocycles. The molecule has 332 valence electrons. The lowest BCUT2D eigenvalue weighted by molar-refractivity contribution is -0.132. The van der Waals surface area contributed by atoms with E-state index in [0.717, 1.165) is 38.5 Å². The van der Waals surface area contributed by atoms with Crippen LogP contribution in [0.2, 0.25) is 0 Å². The fourth-order valence-electron chi connectivity index (χ4n) is 7.72. The quantitative estimate of drug-likeness (QED) is 0.0312. The Morgan fingerprint density at radius 2 is 0.750 bits per heavy atom. The molecule has 0 saturated heterocycles. The van der Waals surface area contributed by atoms with Gasteiger partial charge in [0.1, 0.15) is 12.2 Å². The molecule has 0 saturated carbocycles. The maximum atomic E-state index is 12.5. The molecule has 0 aliphatic rings. The van der Waals surface area contributed by atoms with E-state index in [0.29, 0.717) is 19.3 Å². The van der Waals surface area contributed by atoms with E-state index in [-0.39, 0.29) is 0 Å². The molecule has 0 aliphatic heterocycles. The van der Waals surface area contributed by atoms with E-state index in [1.165, 1.54) is 186 Å². The molecule has 0 heterocycles. The van der Waals surface area contributed by atoms with E-state index in [9.17, 15) is 25.2 Å². The predicted octanol–water partition coefficient (Wildman–Crippen LogP) is 13.5. The molecule has 0 spiro atoms. The molecular weight excluding hydrogens is 695 g/mol. The molecule has 5 N–H and O–H groups in total. The molecule has 0 aromatic heterocycles. The molecule has 0 radical (unpaired) electrons. The van der Waals surface area contributed by atoms with Gasteiger partial charge < -0.3 is 25.7 Å². The zero-order valence-corrected chi connectivity index (χ0v) is 37.4. The third-order valence-corrected chi connectivity index (χ3v) is 11.6. The van der Waals surface area contributed by atoms with Gasteiger partial charge in [-0.15, -0.1) is 0 Å². The average molecular weight is 792 g/mol. The number of rotatable bonds is 45. The molecular formula is C50H97NO5. The van der Waals surface area contributed by atoms with Gasteiger partial charge in [-0.1, -0.05) is 231 Å². The van der Waals surface area contributed by atoms with Gasteiger partial charge in [0.15, 0.2) is 0 Å². The lowest BCUT2D eigenvalue weighted by Gasteiger charge is -2.27. The highest BCUT2D eigenvalue weighted by atomic mass is 16.3. The molecule has 4 unspecified atom stereocenters. The topological polar surface area (TPSA) is 110 Å². The van der Waals surface area contributed by atoms with Gasteiger partial charge in [0.05, 0.1) is 18.8 Å². The number of aliphatic hydroxyl groups is 4. The van der Waals surface area contributed by atoms with Gasteiger partial charge >= 0.3 is 0 Å². The smallest absolute Gasteiger partial charge is 0.249 e. The first-order valence-electron chi connectivity index (χ1n) is 24.7. The number of carbonyl (C=O) groups is 1. The van der Waals surface area contributed by atoms with Crippen molar-refractivity contribution in [3.8, 4) is 0 Å². The highest BCUT2D eigenvalue weighted by Gasteiger charge is 2.28. The SMILES string of the molecule is CCCCCCCCCCCCCCCC/C=C/CC/C=C/CCCC(O)C(O)C(CO)NC(=O)C(O)CCCCCCCCCCCCCCCCCCC. The van der Waals surface area contributed by atoms with Crippen molar-refractivity contribution < 1.29 is 25.2 Å². The van der Waals surface area contributed by atoms with Gasteiger partial charge in [-0.25, -0.2) is 0 Å². The number of unbranched alkanes of at least 4 members (excludes halogenated alkanes) is 32. The summed E-state index contributed by atoms with van der Waals surface area (Å²) in [6, 6.07) is -1.01. The Kier molecular flexibility index (Phi) is 43.9.